The van der Waals surface area contributed by atoms with Gasteiger partial charge in [0.25, 0.3) is 0 Å². The van der Waals surface area contributed by atoms with Crippen molar-refractivity contribution in [3.63, 3.8) is 0 Å². The van der Waals surface area contributed by atoms with Crippen LogP contribution in [0, 0.1) is 37.5 Å². The summed E-state index contributed by atoms with van der Waals surface area (Å²) < 4.78 is 16.6. The number of aryl methyl sites for hydroxylation is 1. The third kappa shape index (κ3) is 10.6. The minimum atomic E-state index is -0.559. The van der Waals surface area contributed by atoms with E-state index in [2.05, 4.69) is 30.7 Å². The molecule has 0 spiro atoms. The van der Waals surface area contributed by atoms with Crippen LogP contribution in [0.4, 0.5) is 0 Å². The Kier molecular flexibility index (Phi) is 13.5. The molecule has 0 bridgehead atoms. The van der Waals surface area contributed by atoms with Crippen LogP contribution in [0.1, 0.15) is 86.7 Å². The maximum absolute atomic E-state index is 13.2. The predicted octanol–water partition coefficient (Wildman–Crippen LogP) is 5.64. The number of rotatable bonds is 15. The number of hydrogen-bond acceptors (Lipinski definition) is 7. The van der Waals surface area contributed by atoms with Crippen molar-refractivity contribution in [3.8, 4) is 30.4 Å². The van der Waals surface area contributed by atoms with Gasteiger partial charge in [0.15, 0.2) is 5.75 Å². The molecule has 0 fully saturated rings. The lowest BCUT2D eigenvalue weighted by Crippen LogP contribution is -2.20. The van der Waals surface area contributed by atoms with E-state index in [-0.39, 0.29) is 31.8 Å². The zero-order valence-electron chi connectivity index (χ0n) is 24.0. The van der Waals surface area contributed by atoms with E-state index in [1.54, 1.807) is 13.8 Å². The second-order valence-electron chi connectivity index (χ2n) is 10.1. The van der Waals surface area contributed by atoms with Gasteiger partial charge in [-0.2, -0.15) is 0 Å². The molecule has 0 N–H and O–H groups in total. The summed E-state index contributed by atoms with van der Waals surface area (Å²) in [6.45, 7) is 7.77. The molecular weight excluding hydrogens is 506 g/mol. The van der Waals surface area contributed by atoms with Crippen LogP contribution in [-0.4, -0.2) is 29.5 Å². The second-order valence-corrected chi connectivity index (χ2v) is 10.1. The summed E-state index contributed by atoms with van der Waals surface area (Å²) in [7, 11) is 0. The fraction of sp³-hybridized carbons (Fsp3) is 0.455. The number of terminal acetylenes is 2. The Bertz CT molecular complexity index is 1230. The molecular formula is C33H39NO6. The molecule has 0 aliphatic heterocycles. The van der Waals surface area contributed by atoms with Gasteiger partial charge < -0.3 is 14.2 Å². The van der Waals surface area contributed by atoms with Crippen LogP contribution in [0.15, 0.2) is 30.5 Å². The molecule has 1 unspecified atom stereocenters. The molecule has 0 radical (unpaired) electrons. The minimum Gasteiger partial charge on any atom is -0.465 e. The molecule has 1 heterocycles. The first-order valence-electron chi connectivity index (χ1n) is 13.6. The van der Waals surface area contributed by atoms with Crippen LogP contribution in [0.3, 0.4) is 0 Å². The fourth-order valence-corrected chi connectivity index (χ4v) is 3.99. The number of unbranched alkanes of at least 4 members (excludes halogenated alkanes) is 2. The van der Waals surface area contributed by atoms with E-state index in [9.17, 15) is 14.4 Å². The van der Waals surface area contributed by atoms with Gasteiger partial charge >= 0.3 is 17.9 Å². The molecule has 0 aliphatic carbocycles. The van der Waals surface area contributed by atoms with E-state index in [1.807, 2.05) is 24.3 Å². The second kappa shape index (κ2) is 16.8. The van der Waals surface area contributed by atoms with E-state index in [0.717, 1.165) is 12.0 Å². The number of esters is 3. The average molecular weight is 546 g/mol. The molecule has 2 rings (SSSR count). The molecule has 40 heavy (non-hydrogen) atoms. The standard InChI is InChI=1S/C33H39NO6/c1-7-9-11-13-30(35)39-22-29-28(20-31(36)38-18-12-10-8-2)21-34-25(6)32(29)40-33(37)24(5)27-16-14-26(15-17-27)19-23(3)4/h1-2,14-17,21,23-24H,9-13,18-20,22H2,3-6H3. The summed E-state index contributed by atoms with van der Waals surface area (Å²) >= 11 is 0. The van der Waals surface area contributed by atoms with Crippen LogP contribution >= 0.6 is 0 Å². The lowest BCUT2D eigenvalue weighted by Gasteiger charge is -2.18. The Morgan fingerprint density at radius 3 is 2.27 bits per heavy atom. The zero-order valence-corrected chi connectivity index (χ0v) is 24.0. The van der Waals surface area contributed by atoms with Crippen molar-refractivity contribution in [3.05, 3.63) is 58.4 Å². The first-order chi connectivity index (χ1) is 19.2. The summed E-state index contributed by atoms with van der Waals surface area (Å²) in [6, 6.07) is 7.90. The SMILES string of the molecule is C#CCCCOC(=O)Cc1cnc(C)c(OC(=O)C(C)c2ccc(CC(C)C)cc2)c1COC(=O)CCCC#C. The van der Waals surface area contributed by atoms with Gasteiger partial charge in [0, 0.05) is 31.0 Å². The van der Waals surface area contributed by atoms with Gasteiger partial charge in [-0.3, -0.25) is 19.4 Å². The number of benzene rings is 1. The molecule has 2 aromatic rings. The first-order valence-corrected chi connectivity index (χ1v) is 13.6. The summed E-state index contributed by atoms with van der Waals surface area (Å²) in [4.78, 5) is 42.4. The lowest BCUT2D eigenvalue weighted by molar-refractivity contribution is -0.145. The third-order valence-electron chi connectivity index (χ3n) is 6.23. The molecule has 0 saturated heterocycles. The van der Waals surface area contributed by atoms with Crippen LogP contribution in [0.25, 0.3) is 0 Å². The van der Waals surface area contributed by atoms with Crippen molar-refractivity contribution < 1.29 is 28.6 Å². The third-order valence-corrected chi connectivity index (χ3v) is 6.23. The maximum atomic E-state index is 13.2. The van der Waals surface area contributed by atoms with E-state index in [4.69, 9.17) is 27.1 Å². The molecule has 1 atom stereocenters. The molecule has 7 heteroatoms. The molecule has 1 aromatic carbocycles. The average Bonchev–Trinajstić information content (AvgIpc) is 2.92. The van der Waals surface area contributed by atoms with Gasteiger partial charge in [0.2, 0.25) is 0 Å². The summed E-state index contributed by atoms with van der Waals surface area (Å²) in [6.07, 6.45) is 15.0. The quantitative estimate of drug-likeness (QED) is 0.162. The van der Waals surface area contributed by atoms with Gasteiger partial charge in [0.05, 0.1) is 24.6 Å². The van der Waals surface area contributed by atoms with Crippen molar-refractivity contribution >= 4 is 17.9 Å². The maximum Gasteiger partial charge on any atom is 0.318 e. The lowest BCUT2D eigenvalue weighted by atomic mass is 9.97. The fourth-order valence-electron chi connectivity index (χ4n) is 3.99. The molecule has 0 amide bonds. The molecule has 1 aromatic heterocycles. The largest absolute Gasteiger partial charge is 0.465 e. The van der Waals surface area contributed by atoms with Crippen LogP contribution < -0.4 is 4.74 Å². The van der Waals surface area contributed by atoms with Crippen molar-refractivity contribution in [2.45, 2.75) is 85.2 Å². The Balaban J connectivity index is 2.27. The number of nitrogens with zero attached hydrogens (tertiary/aromatic N) is 1. The van der Waals surface area contributed by atoms with Gasteiger partial charge in [0.1, 0.15) is 6.61 Å². The highest BCUT2D eigenvalue weighted by Gasteiger charge is 2.24. The molecule has 0 aliphatic rings. The smallest absolute Gasteiger partial charge is 0.318 e. The van der Waals surface area contributed by atoms with Crippen LogP contribution in [0.2, 0.25) is 0 Å². The Morgan fingerprint density at radius 1 is 0.950 bits per heavy atom. The number of hydrogen-bond donors (Lipinski definition) is 0. The Hall–Kier alpha value is -4.10. The van der Waals surface area contributed by atoms with Gasteiger partial charge in [-0.25, -0.2) is 0 Å². The van der Waals surface area contributed by atoms with E-state index >= 15 is 0 Å². The summed E-state index contributed by atoms with van der Waals surface area (Å²) in [5, 5.41) is 0. The van der Waals surface area contributed by atoms with Crippen molar-refractivity contribution in [2.75, 3.05) is 6.61 Å². The number of ether oxygens (including phenoxy) is 3. The topological polar surface area (TPSA) is 91.8 Å². The normalized spacial score (nSPS) is 11.3. The zero-order chi connectivity index (χ0) is 29.5. The van der Waals surface area contributed by atoms with Crippen LogP contribution in [-0.2, 0) is 43.3 Å². The summed E-state index contributed by atoms with van der Waals surface area (Å²) in [5.41, 5.74) is 3.28. The van der Waals surface area contributed by atoms with Gasteiger partial charge in [-0.1, -0.05) is 38.1 Å². The number of aromatic nitrogens is 1. The van der Waals surface area contributed by atoms with E-state index in [0.29, 0.717) is 48.4 Å². The monoisotopic (exact) mass is 545 g/mol. The highest BCUT2D eigenvalue weighted by Crippen LogP contribution is 2.29. The molecule has 0 saturated carbocycles. The highest BCUT2D eigenvalue weighted by atomic mass is 16.5. The first kappa shape index (κ1) is 32.1. The van der Waals surface area contributed by atoms with Gasteiger partial charge in [-0.15, -0.1) is 24.7 Å². The molecule has 212 valence electrons. The van der Waals surface area contributed by atoms with E-state index < -0.39 is 23.8 Å². The predicted molar refractivity (Wildman–Crippen MR) is 153 cm³/mol. The van der Waals surface area contributed by atoms with E-state index in [1.165, 1.54) is 11.8 Å². The number of carbonyl (C=O) groups excluding carboxylic acids is 3. The minimum absolute atomic E-state index is 0.134. The van der Waals surface area contributed by atoms with Gasteiger partial charge in [-0.05, 0) is 55.7 Å². The highest BCUT2D eigenvalue weighted by molar-refractivity contribution is 5.81. The van der Waals surface area contributed by atoms with Crippen molar-refractivity contribution in [1.29, 1.82) is 0 Å². The number of pyridine rings is 1. The van der Waals surface area contributed by atoms with Crippen LogP contribution in [0.5, 0.6) is 5.75 Å². The van der Waals surface area contributed by atoms with Crippen molar-refractivity contribution in [2.24, 2.45) is 5.92 Å². The summed E-state index contributed by atoms with van der Waals surface area (Å²) in [5.74, 6) is 3.70. The molecule has 7 nitrogen and oxygen atoms in total. The van der Waals surface area contributed by atoms with Crippen molar-refractivity contribution in [1.82, 2.24) is 4.98 Å². The number of carbonyl (C=O) groups is 3. The Labute approximate surface area is 238 Å². The Morgan fingerprint density at radius 2 is 1.62 bits per heavy atom.